The van der Waals surface area contributed by atoms with Crippen LogP contribution in [0.15, 0.2) is 34.8 Å². The molecule has 0 saturated carbocycles. The molecule has 1 aromatic rings. The number of hydrogen-bond donors (Lipinski definition) is 1. The molecule has 1 unspecified atom stereocenters. The lowest BCUT2D eigenvalue weighted by atomic mass is 10.1. The van der Waals surface area contributed by atoms with E-state index < -0.39 is 0 Å². The summed E-state index contributed by atoms with van der Waals surface area (Å²) in [6, 6.07) is 8.04. The van der Waals surface area contributed by atoms with E-state index in [1.165, 1.54) is 0 Å². The van der Waals surface area contributed by atoms with Crippen LogP contribution >= 0.6 is 15.9 Å². The third-order valence-electron chi connectivity index (χ3n) is 1.79. The summed E-state index contributed by atoms with van der Waals surface area (Å²) in [5.74, 6) is 0. The molecular formula is C11H13BrO. The van der Waals surface area contributed by atoms with Crippen LogP contribution in [0, 0.1) is 0 Å². The maximum Gasteiger partial charge on any atom is 0.0698 e. The zero-order chi connectivity index (χ0) is 9.84. The smallest absolute Gasteiger partial charge is 0.0698 e. The average Bonchev–Trinajstić information content (AvgIpc) is 2.04. The fraction of sp³-hybridized carbons (Fsp3) is 0.273. The maximum absolute atomic E-state index is 9.15. The highest BCUT2D eigenvalue weighted by molar-refractivity contribution is 9.10. The number of aliphatic hydroxyl groups is 1. The van der Waals surface area contributed by atoms with Gasteiger partial charge in [0, 0.05) is 4.47 Å². The second-order valence-electron chi connectivity index (χ2n) is 3.10. The van der Waals surface area contributed by atoms with Crippen molar-refractivity contribution in [3.63, 3.8) is 0 Å². The summed E-state index contributed by atoms with van der Waals surface area (Å²) >= 11 is 3.38. The van der Waals surface area contributed by atoms with E-state index in [2.05, 4.69) is 15.9 Å². The first-order valence-corrected chi connectivity index (χ1v) is 5.01. The molecule has 1 aromatic carbocycles. The molecule has 0 saturated heterocycles. The van der Waals surface area contributed by atoms with Gasteiger partial charge in [-0.15, -0.1) is 0 Å². The van der Waals surface area contributed by atoms with Gasteiger partial charge in [-0.3, -0.25) is 0 Å². The summed E-state index contributed by atoms with van der Waals surface area (Å²) in [7, 11) is 0. The molecule has 0 spiro atoms. The largest absolute Gasteiger partial charge is 0.389 e. The van der Waals surface area contributed by atoms with Gasteiger partial charge in [-0.25, -0.2) is 0 Å². The quantitative estimate of drug-likeness (QED) is 0.842. The lowest BCUT2D eigenvalue weighted by Gasteiger charge is -2.03. The molecule has 1 atom stereocenters. The fourth-order valence-electron chi connectivity index (χ4n) is 1.17. The van der Waals surface area contributed by atoms with Crippen molar-refractivity contribution < 1.29 is 5.11 Å². The van der Waals surface area contributed by atoms with Crippen molar-refractivity contribution in [2.75, 3.05) is 0 Å². The van der Waals surface area contributed by atoms with E-state index in [4.69, 9.17) is 5.11 Å². The number of benzene rings is 1. The van der Waals surface area contributed by atoms with Crippen LogP contribution in [0.2, 0.25) is 0 Å². The Morgan fingerprint density at radius 3 is 2.38 bits per heavy atom. The van der Waals surface area contributed by atoms with Gasteiger partial charge in [0.05, 0.1) is 6.10 Å². The van der Waals surface area contributed by atoms with Gasteiger partial charge in [0.1, 0.15) is 0 Å². The lowest BCUT2D eigenvalue weighted by Crippen LogP contribution is -1.94. The molecule has 1 rings (SSSR count). The van der Waals surface area contributed by atoms with E-state index in [1.54, 1.807) is 6.92 Å². The topological polar surface area (TPSA) is 20.2 Å². The molecule has 0 heterocycles. The van der Waals surface area contributed by atoms with Gasteiger partial charge in [-0.2, -0.15) is 0 Å². The zero-order valence-corrected chi connectivity index (χ0v) is 9.38. The van der Waals surface area contributed by atoms with E-state index in [9.17, 15) is 0 Å². The van der Waals surface area contributed by atoms with Crippen molar-refractivity contribution in [2.24, 2.45) is 0 Å². The lowest BCUT2D eigenvalue weighted by molar-refractivity contribution is 0.244. The molecule has 0 radical (unpaired) electrons. The normalized spacial score (nSPS) is 14.3. The van der Waals surface area contributed by atoms with Crippen LogP contribution in [0.25, 0.3) is 5.57 Å². The van der Waals surface area contributed by atoms with Crippen molar-refractivity contribution in [1.82, 2.24) is 0 Å². The Bertz CT molecular complexity index is 298. The highest BCUT2D eigenvalue weighted by atomic mass is 79.9. The van der Waals surface area contributed by atoms with Gasteiger partial charge in [0.15, 0.2) is 0 Å². The fourth-order valence-corrected chi connectivity index (χ4v) is 1.44. The minimum Gasteiger partial charge on any atom is -0.389 e. The second kappa shape index (κ2) is 4.58. The van der Waals surface area contributed by atoms with Crippen LogP contribution in [0.4, 0.5) is 0 Å². The third kappa shape index (κ3) is 3.33. The van der Waals surface area contributed by atoms with Crippen molar-refractivity contribution in [1.29, 1.82) is 0 Å². The molecule has 13 heavy (non-hydrogen) atoms. The number of halogens is 1. The summed E-state index contributed by atoms with van der Waals surface area (Å²) < 4.78 is 1.07. The Balaban J connectivity index is 2.89. The second-order valence-corrected chi connectivity index (χ2v) is 4.01. The molecule has 1 nitrogen and oxygen atoms in total. The molecule has 0 aliphatic rings. The van der Waals surface area contributed by atoms with Crippen LogP contribution < -0.4 is 0 Å². The monoisotopic (exact) mass is 240 g/mol. The van der Waals surface area contributed by atoms with Gasteiger partial charge < -0.3 is 5.11 Å². The highest BCUT2D eigenvalue weighted by Crippen LogP contribution is 2.17. The average molecular weight is 241 g/mol. The summed E-state index contributed by atoms with van der Waals surface area (Å²) in [6.07, 6.45) is 1.45. The summed E-state index contributed by atoms with van der Waals surface area (Å²) in [6.45, 7) is 3.75. The number of aliphatic hydroxyl groups excluding tert-OH is 1. The molecule has 70 valence electrons. The van der Waals surface area contributed by atoms with Crippen LogP contribution in [0.5, 0.6) is 0 Å². The highest BCUT2D eigenvalue weighted by Gasteiger charge is 1.96. The molecule has 0 aromatic heterocycles. The van der Waals surface area contributed by atoms with Crippen LogP contribution in [-0.2, 0) is 0 Å². The molecule has 0 aliphatic heterocycles. The number of rotatable bonds is 2. The third-order valence-corrected chi connectivity index (χ3v) is 2.32. The molecule has 0 fully saturated rings. The SMILES string of the molecule is CC(=CC(C)O)c1ccc(Br)cc1. The van der Waals surface area contributed by atoms with Gasteiger partial charge >= 0.3 is 0 Å². The number of hydrogen-bond acceptors (Lipinski definition) is 1. The molecular weight excluding hydrogens is 228 g/mol. The number of allylic oxidation sites excluding steroid dienone is 1. The Morgan fingerprint density at radius 1 is 1.38 bits per heavy atom. The molecule has 1 N–H and O–H groups in total. The van der Waals surface area contributed by atoms with Gasteiger partial charge in [0.25, 0.3) is 0 Å². The predicted molar refractivity (Wildman–Crippen MR) is 59.5 cm³/mol. The minimum absolute atomic E-state index is 0.386. The minimum atomic E-state index is -0.386. The van der Waals surface area contributed by atoms with Crippen LogP contribution in [0.1, 0.15) is 19.4 Å². The summed E-state index contributed by atoms with van der Waals surface area (Å²) in [5, 5.41) is 9.15. The Morgan fingerprint density at radius 2 is 1.92 bits per heavy atom. The first-order chi connectivity index (χ1) is 6.09. The van der Waals surface area contributed by atoms with Crippen LogP contribution in [0.3, 0.4) is 0 Å². The Labute approximate surface area is 87.2 Å². The first-order valence-electron chi connectivity index (χ1n) is 4.22. The summed E-state index contributed by atoms with van der Waals surface area (Å²) in [4.78, 5) is 0. The molecule has 2 heteroatoms. The first kappa shape index (κ1) is 10.5. The molecule has 0 aliphatic carbocycles. The van der Waals surface area contributed by atoms with Crippen molar-refractivity contribution in [2.45, 2.75) is 20.0 Å². The predicted octanol–water partition coefficient (Wildman–Crippen LogP) is 3.23. The standard InChI is InChI=1S/C11H13BrO/c1-8(7-9(2)13)10-3-5-11(12)6-4-10/h3-7,9,13H,1-2H3. The molecule has 0 amide bonds. The Kier molecular flexibility index (Phi) is 3.70. The van der Waals surface area contributed by atoms with Crippen molar-refractivity contribution in [3.05, 3.63) is 40.4 Å². The van der Waals surface area contributed by atoms with E-state index in [-0.39, 0.29) is 6.10 Å². The Hall–Kier alpha value is -0.600. The van der Waals surface area contributed by atoms with E-state index in [1.807, 2.05) is 37.3 Å². The van der Waals surface area contributed by atoms with Gasteiger partial charge in [-0.05, 0) is 37.1 Å². The van der Waals surface area contributed by atoms with E-state index in [0.717, 1.165) is 15.6 Å². The van der Waals surface area contributed by atoms with Gasteiger partial charge in [-0.1, -0.05) is 34.1 Å². The van der Waals surface area contributed by atoms with E-state index in [0.29, 0.717) is 0 Å². The maximum atomic E-state index is 9.15. The van der Waals surface area contributed by atoms with Gasteiger partial charge in [0.2, 0.25) is 0 Å². The van der Waals surface area contributed by atoms with Crippen molar-refractivity contribution in [3.8, 4) is 0 Å². The van der Waals surface area contributed by atoms with Crippen molar-refractivity contribution >= 4 is 21.5 Å². The van der Waals surface area contributed by atoms with Crippen LogP contribution in [-0.4, -0.2) is 11.2 Å². The zero-order valence-electron chi connectivity index (χ0n) is 7.79. The molecule has 0 bridgehead atoms. The summed E-state index contributed by atoms with van der Waals surface area (Å²) in [5.41, 5.74) is 2.24. The van der Waals surface area contributed by atoms with E-state index >= 15 is 0 Å².